The first-order chi connectivity index (χ1) is 12.0. The van der Waals surface area contributed by atoms with Gasteiger partial charge in [0.15, 0.2) is 0 Å². The lowest BCUT2D eigenvalue weighted by molar-refractivity contribution is -0.120. The van der Waals surface area contributed by atoms with Crippen molar-refractivity contribution in [1.29, 1.82) is 0 Å². The molecular formula is C17H16N2O4S2. The van der Waals surface area contributed by atoms with Gasteiger partial charge in [-0.3, -0.25) is 9.59 Å². The summed E-state index contributed by atoms with van der Waals surface area (Å²) in [7, 11) is 1.29. The molecule has 3 rings (SSSR count). The normalized spacial score (nSPS) is 15.9. The molecule has 25 heavy (non-hydrogen) atoms. The Morgan fingerprint density at radius 3 is 2.84 bits per heavy atom. The van der Waals surface area contributed by atoms with Crippen molar-refractivity contribution in [2.24, 2.45) is 0 Å². The average molecular weight is 376 g/mol. The van der Waals surface area contributed by atoms with Gasteiger partial charge in [-0.2, -0.15) is 0 Å². The Bertz CT molecular complexity index is 847. The number of thioether (sulfide) groups is 1. The number of fused-ring (bicyclic) bond motifs is 1. The van der Waals surface area contributed by atoms with Crippen LogP contribution >= 0.6 is 23.1 Å². The first-order valence-electron chi connectivity index (χ1n) is 7.53. The molecular weight excluding hydrogens is 360 g/mol. The maximum absolute atomic E-state index is 12.4. The van der Waals surface area contributed by atoms with Crippen molar-refractivity contribution >= 4 is 51.6 Å². The van der Waals surface area contributed by atoms with Crippen LogP contribution in [0.25, 0.3) is 0 Å². The molecule has 0 bridgehead atoms. The molecule has 0 fully saturated rings. The Hall–Kier alpha value is -2.32. The molecule has 2 amide bonds. The number of carbonyl (C=O) groups excluding carboxylic acids is 3. The van der Waals surface area contributed by atoms with Crippen LogP contribution in [0.2, 0.25) is 0 Å². The first-order valence-corrected chi connectivity index (χ1v) is 9.22. The number of thiophene rings is 1. The molecule has 0 radical (unpaired) electrons. The average Bonchev–Trinajstić information content (AvgIpc) is 2.95. The van der Waals surface area contributed by atoms with E-state index in [0.717, 1.165) is 15.5 Å². The maximum atomic E-state index is 12.4. The maximum Gasteiger partial charge on any atom is 0.340 e. The van der Waals surface area contributed by atoms with Crippen LogP contribution in [-0.4, -0.2) is 30.1 Å². The first kappa shape index (κ1) is 17.5. The van der Waals surface area contributed by atoms with Crippen molar-refractivity contribution in [3.63, 3.8) is 0 Å². The largest absolute Gasteiger partial charge is 0.465 e. The van der Waals surface area contributed by atoms with Gasteiger partial charge >= 0.3 is 5.97 Å². The highest BCUT2D eigenvalue weighted by atomic mass is 32.2. The number of hydrogen-bond donors (Lipinski definition) is 2. The van der Waals surface area contributed by atoms with Crippen molar-refractivity contribution in [1.82, 2.24) is 0 Å². The van der Waals surface area contributed by atoms with E-state index in [-0.39, 0.29) is 18.2 Å². The van der Waals surface area contributed by atoms with E-state index in [4.69, 9.17) is 4.74 Å². The van der Waals surface area contributed by atoms with Gasteiger partial charge in [0.2, 0.25) is 11.8 Å². The monoisotopic (exact) mass is 376 g/mol. The Morgan fingerprint density at radius 1 is 1.32 bits per heavy atom. The molecule has 1 atom stereocenters. The van der Waals surface area contributed by atoms with Gasteiger partial charge in [-0.05, 0) is 25.1 Å². The van der Waals surface area contributed by atoms with Crippen LogP contribution in [0.3, 0.4) is 0 Å². The predicted molar refractivity (Wildman–Crippen MR) is 98.4 cm³/mol. The van der Waals surface area contributed by atoms with Crippen LogP contribution < -0.4 is 10.6 Å². The molecule has 0 saturated carbocycles. The van der Waals surface area contributed by atoms with Crippen molar-refractivity contribution in [2.45, 2.75) is 23.5 Å². The van der Waals surface area contributed by atoms with Crippen molar-refractivity contribution in [3.05, 3.63) is 40.8 Å². The van der Waals surface area contributed by atoms with Crippen LogP contribution in [0.15, 0.2) is 35.2 Å². The molecule has 2 heterocycles. The Labute approximate surface area is 152 Å². The minimum atomic E-state index is -0.516. The molecule has 2 N–H and O–H groups in total. The zero-order valence-electron chi connectivity index (χ0n) is 13.6. The zero-order chi connectivity index (χ0) is 18.0. The van der Waals surface area contributed by atoms with Gasteiger partial charge in [-0.15, -0.1) is 23.1 Å². The van der Waals surface area contributed by atoms with Crippen LogP contribution in [-0.2, 0) is 14.3 Å². The number of aryl methyl sites for hydroxylation is 1. The summed E-state index contributed by atoms with van der Waals surface area (Å²) in [5.74, 6) is -1.02. The summed E-state index contributed by atoms with van der Waals surface area (Å²) in [5, 5.41) is 5.46. The number of rotatable bonds is 4. The Balaban J connectivity index is 1.70. The summed E-state index contributed by atoms with van der Waals surface area (Å²) < 4.78 is 4.73. The third-order valence-corrected chi connectivity index (χ3v) is 5.83. The van der Waals surface area contributed by atoms with Crippen molar-refractivity contribution in [2.75, 3.05) is 17.7 Å². The number of benzene rings is 1. The van der Waals surface area contributed by atoms with E-state index in [1.807, 2.05) is 31.2 Å². The second kappa shape index (κ2) is 7.28. The van der Waals surface area contributed by atoms with Gasteiger partial charge in [0, 0.05) is 16.2 Å². The van der Waals surface area contributed by atoms with E-state index in [2.05, 4.69) is 10.6 Å². The fraction of sp³-hybridized carbons (Fsp3) is 0.235. The number of anilines is 2. The quantitative estimate of drug-likeness (QED) is 0.800. The second-order valence-electron chi connectivity index (χ2n) is 5.44. The van der Waals surface area contributed by atoms with Crippen LogP contribution in [0, 0.1) is 6.92 Å². The minimum absolute atomic E-state index is 0.0163. The molecule has 130 valence electrons. The van der Waals surface area contributed by atoms with Crippen LogP contribution in [0.5, 0.6) is 0 Å². The summed E-state index contributed by atoms with van der Waals surface area (Å²) in [6.07, 6.45) is 0.0163. The third-order valence-electron chi connectivity index (χ3n) is 3.59. The van der Waals surface area contributed by atoms with E-state index in [0.29, 0.717) is 10.6 Å². The smallest absolute Gasteiger partial charge is 0.340 e. The number of carbonyl (C=O) groups is 3. The standard InChI is InChI=1S/C17H16N2O4S2/c1-9-7-10(17(22)23-2)16(24-9)19-14(20)8-13-15(21)18-11-5-3-4-6-12(11)25-13/h3-7,13H,8H2,1-2H3,(H,18,21)(H,19,20). The van der Waals surface area contributed by atoms with Gasteiger partial charge in [0.05, 0.1) is 23.6 Å². The van der Waals surface area contributed by atoms with Crippen LogP contribution in [0.4, 0.5) is 10.7 Å². The van der Waals surface area contributed by atoms with Crippen molar-refractivity contribution in [3.8, 4) is 0 Å². The SMILES string of the molecule is COC(=O)c1cc(C)sc1NC(=O)CC1Sc2ccccc2NC1=O. The van der Waals surface area contributed by atoms with E-state index >= 15 is 0 Å². The van der Waals surface area contributed by atoms with Gasteiger partial charge in [0.1, 0.15) is 5.00 Å². The lowest BCUT2D eigenvalue weighted by Gasteiger charge is -2.23. The number of amides is 2. The fourth-order valence-electron chi connectivity index (χ4n) is 2.44. The Morgan fingerprint density at radius 2 is 2.08 bits per heavy atom. The van der Waals surface area contributed by atoms with E-state index in [1.165, 1.54) is 30.2 Å². The summed E-state index contributed by atoms with van der Waals surface area (Å²) in [4.78, 5) is 38.1. The van der Waals surface area contributed by atoms with Gasteiger partial charge in [-0.1, -0.05) is 12.1 Å². The highest BCUT2D eigenvalue weighted by Gasteiger charge is 2.29. The molecule has 0 saturated heterocycles. The third kappa shape index (κ3) is 3.85. The molecule has 0 aliphatic carbocycles. The topological polar surface area (TPSA) is 84.5 Å². The number of nitrogens with one attached hydrogen (secondary N) is 2. The molecule has 2 aromatic rings. The second-order valence-corrected chi connectivity index (χ2v) is 7.94. The fourth-order valence-corrected chi connectivity index (χ4v) is 4.47. The highest BCUT2D eigenvalue weighted by Crippen LogP contribution is 2.37. The summed E-state index contributed by atoms with van der Waals surface area (Å²) in [6.45, 7) is 1.84. The lowest BCUT2D eigenvalue weighted by atomic mass is 10.2. The molecule has 1 aromatic heterocycles. The number of ether oxygens (including phenoxy) is 1. The van der Waals surface area contributed by atoms with E-state index in [1.54, 1.807) is 6.07 Å². The molecule has 8 heteroatoms. The predicted octanol–water partition coefficient (Wildman–Crippen LogP) is 3.28. The molecule has 1 aliphatic heterocycles. The molecule has 1 aliphatic rings. The number of hydrogen-bond acceptors (Lipinski definition) is 6. The molecule has 0 spiro atoms. The van der Waals surface area contributed by atoms with Gasteiger partial charge in [0.25, 0.3) is 0 Å². The number of para-hydroxylation sites is 1. The molecule has 1 aromatic carbocycles. The summed E-state index contributed by atoms with van der Waals surface area (Å²) in [5.41, 5.74) is 1.08. The number of esters is 1. The summed E-state index contributed by atoms with van der Waals surface area (Å²) >= 11 is 2.66. The summed E-state index contributed by atoms with van der Waals surface area (Å²) in [6, 6.07) is 9.14. The van der Waals surface area contributed by atoms with E-state index in [9.17, 15) is 14.4 Å². The van der Waals surface area contributed by atoms with Gasteiger partial charge in [-0.25, -0.2) is 4.79 Å². The minimum Gasteiger partial charge on any atom is -0.465 e. The number of methoxy groups -OCH3 is 1. The van der Waals surface area contributed by atoms with Crippen LogP contribution in [0.1, 0.15) is 21.7 Å². The Kier molecular flexibility index (Phi) is 5.10. The van der Waals surface area contributed by atoms with Crippen molar-refractivity contribution < 1.29 is 19.1 Å². The molecule has 1 unspecified atom stereocenters. The zero-order valence-corrected chi connectivity index (χ0v) is 15.3. The highest BCUT2D eigenvalue weighted by molar-refractivity contribution is 8.01. The molecule has 6 nitrogen and oxygen atoms in total. The van der Waals surface area contributed by atoms with Gasteiger partial charge < -0.3 is 15.4 Å². The van der Waals surface area contributed by atoms with E-state index < -0.39 is 11.2 Å². The lowest BCUT2D eigenvalue weighted by Crippen LogP contribution is -2.32.